The predicted octanol–water partition coefficient (Wildman–Crippen LogP) is -0.656. The minimum absolute atomic E-state index is 0.0475. The van der Waals surface area contributed by atoms with E-state index in [1.807, 2.05) is 0 Å². The van der Waals surface area contributed by atoms with Crippen LogP contribution in [0.3, 0.4) is 0 Å². The lowest BCUT2D eigenvalue weighted by molar-refractivity contribution is -0.147. The lowest BCUT2D eigenvalue weighted by atomic mass is 9.86. The molecule has 1 aliphatic rings. The molecule has 2 atom stereocenters. The summed E-state index contributed by atoms with van der Waals surface area (Å²) in [6, 6.07) is 0. The molecular weight excluding hydrogens is 156 g/mol. The molecule has 0 saturated carbocycles. The fourth-order valence-corrected chi connectivity index (χ4v) is 1.62. The van der Waals surface area contributed by atoms with E-state index < -0.39 is 0 Å². The number of carbonyl (C=O) groups excluding carboxylic acids is 1. The van der Waals surface area contributed by atoms with Crippen LogP contribution in [0.15, 0.2) is 0 Å². The van der Waals surface area contributed by atoms with E-state index in [1.54, 1.807) is 0 Å². The topological polar surface area (TPSA) is 64.3 Å². The second-order valence-corrected chi connectivity index (χ2v) is 3.12. The second kappa shape index (κ2) is 4.42. The molecule has 4 nitrogen and oxygen atoms in total. The lowest BCUT2D eigenvalue weighted by Crippen LogP contribution is -2.44. The molecule has 0 unspecified atom stereocenters. The van der Waals surface area contributed by atoms with Gasteiger partial charge in [-0.3, -0.25) is 4.79 Å². The van der Waals surface area contributed by atoms with Crippen LogP contribution in [-0.2, 0) is 9.53 Å². The van der Waals surface area contributed by atoms with Crippen molar-refractivity contribution in [2.24, 2.45) is 17.6 Å². The summed E-state index contributed by atoms with van der Waals surface area (Å²) >= 11 is 0. The number of rotatable bonds is 2. The Kier molecular flexibility index (Phi) is 3.49. The van der Waals surface area contributed by atoms with Gasteiger partial charge in [-0.2, -0.15) is 0 Å². The highest BCUT2D eigenvalue weighted by molar-refractivity contribution is 5.73. The summed E-state index contributed by atoms with van der Waals surface area (Å²) in [5.41, 5.74) is 5.55. The van der Waals surface area contributed by atoms with Crippen molar-refractivity contribution in [3.63, 3.8) is 0 Å². The van der Waals surface area contributed by atoms with Crippen molar-refractivity contribution >= 4 is 5.97 Å². The minimum atomic E-state index is -0.141. The largest absolute Gasteiger partial charge is 0.469 e. The molecule has 1 heterocycles. The van der Waals surface area contributed by atoms with Crippen LogP contribution in [-0.4, -0.2) is 32.7 Å². The maximum absolute atomic E-state index is 11.2. The Labute approximate surface area is 72.5 Å². The number of hydrogen-bond donors (Lipinski definition) is 2. The van der Waals surface area contributed by atoms with Gasteiger partial charge in [-0.15, -0.1) is 0 Å². The molecule has 0 spiro atoms. The Bertz CT molecular complexity index is 161. The molecule has 0 aliphatic carbocycles. The molecule has 4 heteroatoms. The fraction of sp³-hybridized carbons (Fsp3) is 0.875. The molecule has 12 heavy (non-hydrogen) atoms. The summed E-state index contributed by atoms with van der Waals surface area (Å²) in [7, 11) is 1.42. The van der Waals surface area contributed by atoms with Crippen LogP contribution in [0.25, 0.3) is 0 Å². The van der Waals surface area contributed by atoms with Crippen molar-refractivity contribution < 1.29 is 9.53 Å². The van der Waals surface area contributed by atoms with Crippen LogP contribution in [0.2, 0.25) is 0 Å². The predicted molar refractivity (Wildman–Crippen MR) is 45.5 cm³/mol. The van der Waals surface area contributed by atoms with Crippen LogP contribution in [0.4, 0.5) is 0 Å². The Balaban J connectivity index is 2.52. The zero-order chi connectivity index (χ0) is 8.97. The Morgan fingerprint density at radius 3 is 3.08 bits per heavy atom. The zero-order valence-electron chi connectivity index (χ0n) is 7.38. The van der Waals surface area contributed by atoms with E-state index in [9.17, 15) is 4.79 Å². The number of nitrogens with one attached hydrogen (secondary N) is 1. The van der Waals surface area contributed by atoms with Gasteiger partial charge < -0.3 is 15.8 Å². The maximum atomic E-state index is 11.2. The van der Waals surface area contributed by atoms with Gasteiger partial charge in [0.25, 0.3) is 0 Å². The van der Waals surface area contributed by atoms with Gasteiger partial charge in [0.15, 0.2) is 0 Å². The van der Waals surface area contributed by atoms with Gasteiger partial charge in [-0.05, 0) is 25.4 Å². The van der Waals surface area contributed by atoms with E-state index in [0.717, 1.165) is 13.0 Å². The quantitative estimate of drug-likeness (QED) is 0.543. The third-order valence-electron chi connectivity index (χ3n) is 2.43. The molecule has 0 radical (unpaired) electrons. The van der Waals surface area contributed by atoms with Crippen LogP contribution < -0.4 is 11.1 Å². The number of carbonyl (C=O) groups is 1. The van der Waals surface area contributed by atoms with E-state index in [0.29, 0.717) is 19.0 Å². The Morgan fingerprint density at radius 1 is 1.75 bits per heavy atom. The number of esters is 1. The maximum Gasteiger partial charge on any atom is 0.310 e. The first-order chi connectivity index (χ1) is 5.79. The molecule has 0 amide bonds. The fourth-order valence-electron chi connectivity index (χ4n) is 1.62. The van der Waals surface area contributed by atoms with Gasteiger partial charge in [0.2, 0.25) is 0 Å². The van der Waals surface area contributed by atoms with Gasteiger partial charge in [0.1, 0.15) is 0 Å². The Morgan fingerprint density at radius 2 is 2.50 bits per heavy atom. The van der Waals surface area contributed by atoms with Crippen molar-refractivity contribution in [2.75, 3.05) is 26.7 Å². The van der Waals surface area contributed by atoms with Gasteiger partial charge in [-0.1, -0.05) is 0 Å². The van der Waals surface area contributed by atoms with Crippen LogP contribution in [0.5, 0.6) is 0 Å². The molecule has 0 aromatic rings. The third-order valence-corrected chi connectivity index (χ3v) is 2.43. The van der Waals surface area contributed by atoms with E-state index in [1.165, 1.54) is 7.11 Å². The minimum Gasteiger partial charge on any atom is -0.469 e. The average Bonchev–Trinajstić information content (AvgIpc) is 2.16. The summed E-state index contributed by atoms with van der Waals surface area (Å²) in [4.78, 5) is 11.2. The first-order valence-corrected chi connectivity index (χ1v) is 4.28. The summed E-state index contributed by atoms with van der Waals surface area (Å²) in [5.74, 6) is 0.102. The number of ether oxygens (including phenoxy) is 1. The van der Waals surface area contributed by atoms with Crippen molar-refractivity contribution in [3.8, 4) is 0 Å². The Hall–Kier alpha value is -0.610. The third kappa shape index (κ3) is 1.95. The van der Waals surface area contributed by atoms with Gasteiger partial charge >= 0.3 is 5.97 Å². The van der Waals surface area contributed by atoms with Crippen molar-refractivity contribution in [3.05, 3.63) is 0 Å². The molecule has 0 bridgehead atoms. The second-order valence-electron chi connectivity index (χ2n) is 3.12. The van der Waals surface area contributed by atoms with Gasteiger partial charge in [0, 0.05) is 6.54 Å². The van der Waals surface area contributed by atoms with Crippen LogP contribution in [0, 0.1) is 11.8 Å². The smallest absolute Gasteiger partial charge is 0.310 e. The zero-order valence-corrected chi connectivity index (χ0v) is 7.38. The van der Waals surface area contributed by atoms with Crippen LogP contribution >= 0.6 is 0 Å². The molecule has 1 rings (SSSR count). The lowest BCUT2D eigenvalue weighted by Gasteiger charge is -2.28. The van der Waals surface area contributed by atoms with E-state index >= 15 is 0 Å². The first kappa shape index (κ1) is 9.48. The van der Waals surface area contributed by atoms with E-state index in [2.05, 4.69) is 10.1 Å². The summed E-state index contributed by atoms with van der Waals surface area (Å²) in [6.07, 6.45) is 0.969. The van der Waals surface area contributed by atoms with Gasteiger partial charge in [0.05, 0.1) is 13.0 Å². The molecule has 1 saturated heterocycles. The number of methoxy groups -OCH3 is 1. The first-order valence-electron chi connectivity index (χ1n) is 4.28. The number of piperidine rings is 1. The summed E-state index contributed by atoms with van der Waals surface area (Å²) < 4.78 is 4.69. The van der Waals surface area contributed by atoms with Crippen molar-refractivity contribution in [1.29, 1.82) is 0 Å². The summed E-state index contributed by atoms with van der Waals surface area (Å²) in [5, 5.41) is 3.16. The molecule has 3 N–H and O–H groups in total. The number of hydrogen-bond acceptors (Lipinski definition) is 4. The molecule has 1 fully saturated rings. The molecular formula is C8H16N2O2. The number of nitrogens with two attached hydrogens (primary N) is 1. The summed E-state index contributed by atoms with van der Waals surface area (Å²) in [6.45, 7) is 2.23. The highest BCUT2D eigenvalue weighted by atomic mass is 16.5. The van der Waals surface area contributed by atoms with E-state index in [-0.39, 0.29) is 11.9 Å². The SMILES string of the molecule is COC(=O)[C@@H]1CNCC[C@H]1CN. The van der Waals surface area contributed by atoms with Crippen molar-refractivity contribution in [1.82, 2.24) is 5.32 Å². The highest BCUT2D eigenvalue weighted by Crippen LogP contribution is 2.18. The molecule has 1 aliphatic heterocycles. The average molecular weight is 172 g/mol. The normalized spacial score (nSPS) is 29.8. The van der Waals surface area contributed by atoms with Crippen molar-refractivity contribution in [2.45, 2.75) is 6.42 Å². The molecule has 70 valence electrons. The molecule has 0 aromatic heterocycles. The standard InChI is InChI=1S/C8H16N2O2/c1-12-8(11)7-5-10-3-2-6(7)4-9/h6-7,10H,2-5,9H2,1H3/t6-,7+/m0/s1. The van der Waals surface area contributed by atoms with Gasteiger partial charge in [-0.25, -0.2) is 0 Å². The molecule has 0 aromatic carbocycles. The highest BCUT2D eigenvalue weighted by Gasteiger charge is 2.30. The van der Waals surface area contributed by atoms with E-state index in [4.69, 9.17) is 5.73 Å². The van der Waals surface area contributed by atoms with Crippen LogP contribution in [0.1, 0.15) is 6.42 Å². The monoisotopic (exact) mass is 172 g/mol.